The van der Waals surface area contributed by atoms with Crippen LogP contribution in [-0.2, 0) is 7.05 Å². The number of nitrogens with zero attached hydrogens (tertiary/aromatic N) is 2. The lowest BCUT2D eigenvalue weighted by Gasteiger charge is -2.00. The van der Waals surface area contributed by atoms with Gasteiger partial charge in [0.2, 0.25) is 5.43 Å². The fraction of sp³-hybridized carbons (Fsp3) is 0.222. The van der Waals surface area contributed by atoms with Crippen LogP contribution in [0.15, 0.2) is 15.5 Å². The molecule has 0 spiro atoms. The fourth-order valence-corrected chi connectivity index (χ4v) is 1.46. The van der Waals surface area contributed by atoms with E-state index in [0.717, 1.165) is 0 Å². The SMILES string of the molecule is Cc1onc2c1c(=O)c(C(=O)O)cn2C. The van der Waals surface area contributed by atoms with Gasteiger partial charge in [0.1, 0.15) is 16.7 Å². The van der Waals surface area contributed by atoms with E-state index >= 15 is 0 Å². The van der Waals surface area contributed by atoms with E-state index in [2.05, 4.69) is 5.16 Å². The van der Waals surface area contributed by atoms with Crippen molar-refractivity contribution in [1.29, 1.82) is 0 Å². The molecule has 1 N–H and O–H groups in total. The Morgan fingerprint density at radius 1 is 1.60 bits per heavy atom. The molecule has 2 aromatic heterocycles. The van der Waals surface area contributed by atoms with Gasteiger partial charge >= 0.3 is 5.97 Å². The first-order valence-corrected chi connectivity index (χ1v) is 4.21. The number of hydrogen-bond acceptors (Lipinski definition) is 4. The van der Waals surface area contributed by atoms with Crippen molar-refractivity contribution in [3.8, 4) is 0 Å². The first-order valence-electron chi connectivity index (χ1n) is 4.21. The zero-order chi connectivity index (χ0) is 11.2. The van der Waals surface area contributed by atoms with Crippen molar-refractivity contribution in [3.63, 3.8) is 0 Å². The molecule has 0 aliphatic carbocycles. The second kappa shape index (κ2) is 2.94. The van der Waals surface area contributed by atoms with Crippen molar-refractivity contribution in [2.24, 2.45) is 7.05 Å². The molecule has 0 aliphatic rings. The Kier molecular flexibility index (Phi) is 1.85. The topological polar surface area (TPSA) is 85.3 Å². The number of carbonyl (C=O) groups is 1. The molecule has 0 radical (unpaired) electrons. The molecular formula is C9H8N2O4. The third-order valence-corrected chi connectivity index (χ3v) is 2.20. The predicted molar refractivity (Wildman–Crippen MR) is 50.9 cm³/mol. The van der Waals surface area contributed by atoms with Crippen molar-refractivity contribution in [2.45, 2.75) is 6.92 Å². The largest absolute Gasteiger partial charge is 0.477 e. The fourth-order valence-electron chi connectivity index (χ4n) is 1.46. The highest BCUT2D eigenvalue weighted by atomic mass is 16.5. The van der Waals surface area contributed by atoms with Gasteiger partial charge in [-0.15, -0.1) is 0 Å². The average molecular weight is 208 g/mol. The molecule has 0 saturated heterocycles. The van der Waals surface area contributed by atoms with E-state index in [1.54, 1.807) is 14.0 Å². The summed E-state index contributed by atoms with van der Waals surface area (Å²) >= 11 is 0. The number of rotatable bonds is 1. The number of aromatic carboxylic acids is 1. The van der Waals surface area contributed by atoms with Crippen LogP contribution in [0, 0.1) is 6.92 Å². The third-order valence-electron chi connectivity index (χ3n) is 2.20. The Labute approximate surface area is 83.7 Å². The molecule has 6 nitrogen and oxygen atoms in total. The van der Waals surface area contributed by atoms with E-state index in [9.17, 15) is 9.59 Å². The summed E-state index contributed by atoms with van der Waals surface area (Å²) < 4.78 is 6.30. The van der Waals surface area contributed by atoms with Crippen molar-refractivity contribution >= 4 is 17.0 Å². The first kappa shape index (κ1) is 9.45. The van der Waals surface area contributed by atoms with Crippen LogP contribution >= 0.6 is 0 Å². The molecule has 6 heteroatoms. The van der Waals surface area contributed by atoms with E-state index in [0.29, 0.717) is 11.4 Å². The quantitative estimate of drug-likeness (QED) is 0.738. The number of carboxylic acids is 1. The molecule has 0 amide bonds. The third kappa shape index (κ3) is 1.22. The van der Waals surface area contributed by atoms with Crippen molar-refractivity contribution < 1.29 is 14.4 Å². The number of hydrogen-bond donors (Lipinski definition) is 1. The van der Waals surface area contributed by atoms with Crippen LogP contribution in [0.2, 0.25) is 0 Å². The molecule has 0 aliphatic heterocycles. The maximum atomic E-state index is 11.7. The molecule has 15 heavy (non-hydrogen) atoms. The molecule has 2 rings (SSSR count). The van der Waals surface area contributed by atoms with Crippen LogP contribution < -0.4 is 5.43 Å². The minimum absolute atomic E-state index is 0.220. The summed E-state index contributed by atoms with van der Waals surface area (Å²) in [6.45, 7) is 1.57. The summed E-state index contributed by atoms with van der Waals surface area (Å²) in [4.78, 5) is 22.5. The number of carboxylic acid groups (broad SMARTS) is 1. The highest BCUT2D eigenvalue weighted by molar-refractivity contribution is 5.92. The molecule has 78 valence electrons. The van der Waals surface area contributed by atoms with Crippen molar-refractivity contribution in [1.82, 2.24) is 9.72 Å². The number of aryl methyl sites for hydroxylation is 2. The minimum Gasteiger partial charge on any atom is -0.477 e. The van der Waals surface area contributed by atoms with Crippen molar-refractivity contribution in [2.75, 3.05) is 0 Å². The van der Waals surface area contributed by atoms with Gasteiger partial charge in [0.25, 0.3) is 0 Å². The zero-order valence-electron chi connectivity index (χ0n) is 8.14. The molecule has 0 fully saturated rings. The molecule has 2 heterocycles. The van der Waals surface area contributed by atoms with Crippen LogP contribution in [0.4, 0.5) is 0 Å². The van der Waals surface area contributed by atoms with Gasteiger partial charge in [-0.05, 0) is 6.92 Å². The second-order valence-corrected chi connectivity index (χ2v) is 3.23. The Balaban J connectivity index is 3.01. The highest BCUT2D eigenvalue weighted by Gasteiger charge is 2.17. The van der Waals surface area contributed by atoms with E-state index < -0.39 is 11.4 Å². The Morgan fingerprint density at radius 3 is 2.87 bits per heavy atom. The highest BCUT2D eigenvalue weighted by Crippen LogP contribution is 2.13. The van der Waals surface area contributed by atoms with Crippen molar-refractivity contribution in [3.05, 3.63) is 27.7 Å². The lowest BCUT2D eigenvalue weighted by molar-refractivity contribution is 0.0695. The first-order chi connectivity index (χ1) is 7.02. The molecule has 0 atom stereocenters. The van der Waals surface area contributed by atoms with E-state index in [-0.39, 0.29) is 10.9 Å². The van der Waals surface area contributed by atoms with Gasteiger partial charge in [0.05, 0.1) is 0 Å². The molecule has 0 aromatic carbocycles. The van der Waals surface area contributed by atoms with Crippen LogP contribution in [0.3, 0.4) is 0 Å². The normalized spacial score (nSPS) is 10.8. The Morgan fingerprint density at radius 2 is 2.27 bits per heavy atom. The standard InChI is InChI=1S/C9H8N2O4/c1-4-6-7(12)5(9(13)14)3-11(2)8(6)10-15-4/h3H,1-2H3,(H,13,14). The number of fused-ring (bicyclic) bond motifs is 1. The second-order valence-electron chi connectivity index (χ2n) is 3.23. The smallest absolute Gasteiger partial charge is 0.341 e. The summed E-state index contributed by atoms with van der Waals surface area (Å²) in [6, 6.07) is 0. The summed E-state index contributed by atoms with van der Waals surface area (Å²) in [5.41, 5.74) is -0.492. The van der Waals surface area contributed by atoms with Crippen LogP contribution in [0.25, 0.3) is 11.0 Å². The Hall–Kier alpha value is -2.11. The van der Waals surface area contributed by atoms with Gasteiger partial charge in [-0.1, -0.05) is 5.16 Å². The van der Waals surface area contributed by atoms with Gasteiger partial charge in [0.15, 0.2) is 5.65 Å². The zero-order valence-corrected chi connectivity index (χ0v) is 8.14. The maximum Gasteiger partial charge on any atom is 0.341 e. The molecule has 0 unspecified atom stereocenters. The summed E-state index contributed by atoms with van der Waals surface area (Å²) in [7, 11) is 1.61. The lowest BCUT2D eigenvalue weighted by Crippen LogP contribution is -2.17. The van der Waals surface area contributed by atoms with Gasteiger partial charge in [-0.25, -0.2) is 4.79 Å². The Bertz CT molecular complexity index is 608. The molecule has 0 bridgehead atoms. The van der Waals surface area contributed by atoms with Gasteiger partial charge < -0.3 is 14.2 Å². The average Bonchev–Trinajstić information content (AvgIpc) is 2.54. The van der Waals surface area contributed by atoms with E-state index in [4.69, 9.17) is 9.63 Å². The van der Waals surface area contributed by atoms with Crippen LogP contribution in [0.1, 0.15) is 16.1 Å². The van der Waals surface area contributed by atoms with Crippen LogP contribution in [-0.4, -0.2) is 20.8 Å². The van der Waals surface area contributed by atoms with E-state index in [1.807, 2.05) is 0 Å². The maximum absolute atomic E-state index is 11.7. The van der Waals surface area contributed by atoms with Gasteiger partial charge in [-0.2, -0.15) is 0 Å². The summed E-state index contributed by atoms with van der Waals surface area (Å²) in [5.74, 6) is -0.924. The summed E-state index contributed by atoms with van der Waals surface area (Å²) in [5, 5.41) is 12.7. The lowest BCUT2D eigenvalue weighted by atomic mass is 10.2. The van der Waals surface area contributed by atoms with Crippen LogP contribution in [0.5, 0.6) is 0 Å². The monoisotopic (exact) mass is 208 g/mol. The van der Waals surface area contributed by atoms with Gasteiger partial charge in [0, 0.05) is 13.2 Å². The van der Waals surface area contributed by atoms with Gasteiger partial charge in [-0.3, -0.25) is 4.79 Å². The predicted octanol–water partition coefficient (Wildman–Crippen LogP) is 0.533. The number of pyridine rings is 1. The molecule has 0 saturated carbocycles. The number of aromatic nitrogens is 2. The molecular weight excluding hydrogens is 200 g/mol. The van der Waals surface area contributed by atoms with E-state index in [1.165, 1.54) is 10.8 Å². The summed E-state index contributed by atoms with van der Waals surface area (Å²) in [6.07, 6.45) is 1.23. The molecule has 2 aromatic rings. The minimum atomic E-state index is -1.25.